The molecule has 0 aromatic carbocycles. The molecule has 350 valence electrons. The van der Waals surface area contributed by atoms with Gasteiger partial charge in [0.1, 0.15) is 0 Å². The van der Waals surface area contributed by atoms with Gasteiger partial charge in [0.25, 0.3) is 30.0 Å². The largest absolute Gasteiger partial charge is 0.453 e. The molecule has 58 heavy (non-hydrogen) atoms. The summed E-state index contributed by atoms with van der Waals surface area (Å²) in [6.45, 7) is 58.6. The minimum absolute atomic E-state index is 0.612. The minimum atomic E-state index is -4.19. The highest BCUT2D eigenvalue weighted by atomic mass is 30.0. The van der Waals surface area contributed by atoms with Crippen LogP contribution in [0.4, 0.5) is 0 Å². The van der Waals surface area contributed by atoms with Crippen LogP contribution in [-0.4, -0.2) is 136 Å². The van der Waals surface area contributed by atoms with Crippen molar-refractivity contribution in [1.29, 1.82) is 0 Å². The van der Waals surface area contributed by atoms with Crippen molar-refractivity contribution in [3.05, 3.63) is 0 Å². The Kier molecular flexibility index (Phi) is 22.9. The highest BCUT2D eigenvalue weighted by Crippen LogP contribution is 2.50. The first-order chi connectivity index (χ1) is 25.2. The van der Waals surface area contributed by atoms with Crippen molar-refractivity contribution >= 4 is 136 Å². The van der Waals surface area contributed by atoms with Crippen molar-refractivity contribution in [2.75, 3.05) is 0 Å². The Morgan fingerprint density at radius 2 is 0.431 bits per heavy atom. The van der Waals surface area contributed by atoms with Crippen molar-refractivity contribution < 1.29 is 49.4 Å². The molecule has 12 nitrogen and oxygen atoms in total. The van der Waals surface area contributed by atoms with Gasteiger partial charge in [0, 0.05) is 0 Å². The summed E-state index contributed by atoms with van der Waals surface area (Å²) in [5, 5.41) is 0. The predicted molar refractivity (Wildman–Crippen MR) is 287 cm³/mol. The van der Waals surface area contributed by atoms with Crippen LogP contribution in [0.25, 0.3) is 0 Å². The van der Waals surface area contributed by atoms with E-state index >= 15 is 0 Å². The van der Waals surface area contributed by atoms with E-state index in [1.54, 1.807) is 0 Å². The molecule has 0 aromatic rings. The second-order valence-corrected chi connectivity index (χ2v) is 98.1. The van der Waals surface area contributed by atoms with E-state index in [1.165, 1.54) is 0 Å². The van der Waals surface area contributed by atoms with E-state index in [-0.39, 0.29) is 0 Å². The predicted octanol–water partition coefficient (Wildman–Crippen LogP) is 8.61. The quantitative estimate of drug-likeness (QED) is 0.0670. The number of hydrogen-bond acceptors (Lipinski definition) is 12. The molecule has 0 saturated carbocycles. The molecule has 0 amide bonds. The monoisotopic (exact) mass is 1090 g/mol. The van der Waals surface area contributed by atoms with Gasteiger partial charge in [-0.2, -0.15) is 0 Å². The Balaban J connectivity index is 10.1. The van der Waals surface area contributed by atoms with E-state index in [2.05, 4.69) is 184 Å². The summed E-state index contributed by atoms with van der Waals surface area (Å²) in [5.74, 6) is 0. The van der Waals surface area contributed by atoms with Crippen LogP contribution in [-0.2, 0) is 49.4 Å². The molecule has 0 radical (unpaired) electrons. The Bertz CT molecular complexity index is 1050. The first kappa shape index (κ1) is 61.0. The lowest BCUT2D eigenvalue weighted by Crippen LogP contribution is -2.98. The van der Waals surface area contributed by atoms with E-state index in [4.69, 9.17) is 49.4 Å². The Hall–Kier alpha value is 2.99. The van der Waals surface area contributed by atoms with Crippen LogP contribution < -0.4 is 0 Å². The maximum Gasteiger partial charge on any atom is 0.453 e. The highest BCUT2D eigenvalue weighted by molar-refractivity contribution is 7.84. The SMILES string of the molecule is CCC[Si]([Si](O[SiH2]O[Si](C)(C)C)(O[Si](C)(C)C)O[Si](C)(C)C)([Si](O[SiH2]O[Si](C)(C)C)(O[Si](C)(C)C)O[Si](C)(C)C)[Si](O[SiH2]O[Si](C)(C)C)(O[Si](C)(C)C)O[Si](C)(C)C. The van der Waals surface area contributed by atoms with Gasteiger partial charge in [0.15, 0.2) is 74.9 Å². The molecule has 0 aliphatic rings. The third kappa shape index (κ3) is 22.5. The molecule has 0 spiro atoms. The Morgan fingerprint density at radius 3 is 0.552 bits per heavy atom. The smallest absolute Gasteiger partial charge is 0.441 e. The third-order valence-corrected chi connectivity index (χ3v) is 88.0. The lowest BCUT2D eigenvalue weighted by Gasteiger charge is -2.61. The summed E-state index contributed by atoms with van der Waals surface area (Å²) in [5.41, 5.74) is 0. The average molecular weight is 1100 g/mol. The summed E-state index contributed by atoms with van der Waals surface area (Å²) >= 11 is 0. The number of rotatable bonds is 29. The summed E-state index contributed by atoms with van der Waals surface area (Å²) in [6, 6.07) is 0.612. The fourth-order valence-corrected chi connectivity index (χ4v) is 131. The molecule has 0 fully saturated rings. The molecule has 0 aliphatic carbocycles. The van der Waals surface area contributed by atoms with Crippen molar-refractivity contribution in [3.8, 4) is 0 Å². The standard InChI is InChI=1S/C30H94O12Si16/c1-29-30-55(56(37-49(11,12)13,38-50(14,15)16)34-43-31-46(2,3)4,57(39-51(17,18)19,40-52(20,21)22)35-44-32-47(5,6)7)58(41-53(23,24)25,42-54(26,27)28)36-45-33-48(8,9)10/h29-30,43-45H2,1-28H3. The fourth-order valence-electron chi connectivity index (χ4n) is 5.80. The summed E-state index contributed by atoms with van der Waals surface area (Å²) in [4.78, 5) is 0. The molecular formula is C30H94O12Si16. The van der Waals surface area contributed by atoms with Crippen LogP contribution in [0.5, 0.6) is 0 Å². The van der Waals surface area contributed by atoms with Gasteiger partial charge in [0.2, 0.25) is 0 Å². The Labute approximate surface area is 379 Å². The molecule has 0 atom stereocenters. The van der Waals surface area contributed by atoms with Crippen molar-refractivity contribution in [2.24, 2.45) is 0 Å². The van der Waals surface area contributed by atoms with Gasteiger partial charge in [-0.15, -0.1) is 0 Å². The van der Waals surface area contributed by atoms with Crippen LogP contribution in [0.15, 0.2) is 0 Å². The normalized spacial score (nSPS) is 17.2. The first-order valence-corrected chi connectivity index (χ1v) is 65.7. The van der Waals surface area contributed by atoms with E-state index < -0.39 is 136 Å². The van der Waals surface area contributed by atoms with Crippen LogP contribution >= 0.6 is 0 Å². The molecule has 0 rings (SSSR count). The van der Waals surface area contributed by atoms with Crippen LogP contribution in [0.3, 0.4) is 0 Å². The zero-order valence-corrected chi connectivity index (χ0v) is 60.2. The molecule has 0 bridgehead atoms. The second kappa shape index (κ2) is 21.7. The first-order valence-electron chi connectivity index (χ1n) is 21.2. The molecule has 0 saturated heterocycles. The molecule has 0 N–H and O–H groups in total. The van der Waals surface area contributed by atoms with Gasteiger partial charge < -0.3 is 49.4 Å². The lowest BCUT2D eigenvalue weighted by molar-refractivity contribution is 0.241. The van der Waals surface area contributed by atoms with Crippen molar-refractivity contribution in [3.63, 3.8) is 0 Å². The second-order valence-electron chi connectivity index (χ2n) is 24.2. The van der Waals surface area contributed by atoms with Gasteiger partial charge in [-0.1, -0.05) is 13.3 Å². The number of hydrogen-bond donors (Lipinski definition) is 0. The van der Waals surface area contributed by atoms with E-state index in [1.807, 2.05) is 0 Å². The van der Waals surface area contributed by atoms with Gasteiger partial charge in [-0.25, -0.2) is 0 Å². The molecule has 28 heteroatoms. The maximum atomic E-state index is 8.02. The van der Waals surface area contributed by atoms with Gasteiger partial charge in [-0.05, 0) is 183 Å². The van der Waals surface area contributed by atoms with Gasteiger partial charge in [0.05, 0.1) is 0 Å². The van der Waals surface area contributed by atoms with E-state index in [9.17, 15) is 0 Å². The molecule has 0 unspecified atom stereocenters. The Morgan fingerprint density at radius 1 is 0.259 bits per heavy atom. The topological polar surface area (TPSA) is 111 Å². The van der Waals surface area contributed by atoms with Crippen LogP contribution in [0.2, 0.25) is 183 Å². The lowest BCUT2D eigenvalue weighted by atomic mass is 10.6. The minimum Gasteiger partial charge on any atom is -0.441 e. The van der Waals surface area contributed by atoms with Crippen molar-refractivity contribution in [2.45, 2.75) is 196 Å². The average Bonchev–Trinajstić information content (AvgIpc) is 2.83. The van der Waals surface area contributed by atoms with Crippen LogP contribution in [0.1, 0.15) is 13.3 Å². The fraction of sp³-hybridized carbons (Fsp3) is 1.00. The summed E-state index contributed by atoms with van der Waals surface area (Å²) in [7, 11) is -39.2. The summed E-state index contributed by atoms with van der Waals surface area (Å²) in [6.07, 6.45) is 0.752. The zero-order chi connectivity index (χ0) is 46.5. The maximum absolute atomic E-state index is 8.02. The molecule has 0 heterocycles. The molecule has 0 aliphatic heterocycles. The summed E-state index contributed by atoms with van der Waals surface area (Å²) < 4.78 is 92.2. The van der Waals surface area contributed by atoms with E-state index in [0.717, 1.165) is 6.42 Å². The van der Waals surface area contributed by atoms with Crippen molar-refractivity contribution in [1.82, 2.24) is 0 Å². The van der Waals surface area contributed by atoms with E-state index in [0.29, 0.717) is 6.04 Å². The van der Waals surface area contributed by atoms with Crippen LogP contribution in [0, 0.1) is 0 Å². The molecule has 0 aromatic heterocycles. The molecular weight excluding hydrogens is 1000 g/mol. The van der Waals surface area contributed by atoms with Gasteiger partial charge in [-0.3, -0.25) is 0 Å². The third-order valence-electron chi connectivity index (χ3n) is 7.06. The van der Waals surface area contributed by atoms with Gasteiger partial charge >= 0.3 is 31.6 Å². The zero-order valence-electron chi connectivity index (χ0n) is 42.9. The highest BCUT2D eigenvalue weighted by Gasteiger charge is 2.92.